The molecule has 0 bridgehead atoms. The van der Waals surface area contributed by atoms with Crippen molar-refractivity contribution in [1.29, 1.82) is 0 Å². The van der Waals surface area contributed by atoms with Crippen LogP contribution in [0.3, 0.4) is 0 Å². The minimum absolute atomic E-state index is 0.428. The maximum Gasteiger partial charge on any atom is 0.245 e. The molecule has 0 fully saturated rings. The number of oxazole rings is 1. The number of aromatic nitrogens is 5. The van der Waals surface area contributed by atoms with Crippen LogP contribution >= 0.6 is 0 Å². The quantitative estimate of drug-likeness (QED) is 0.486. The summed E-state index contributed by atoms with van der Waals surface area (Å²) in [6.45, 7) is 2.57. The molecule has 4 aromatic rings. The Morgan fingerprint density at radius 2 is 2.03 bits per heavy atom. The highest BCUT2D eigenvalue weighted by atomic mass is 16.5. The lowest BCUT2D eigenvalue weighted by molar-refractivity contribution is 0.391. The fourth-order valence-electron chi connectivity index (χ4n) is 3.01. The molecule has 150 valence electrons. The molecule has 0 spiro atoms. The van der Waals surface area contributed by atoms with Crippen molar-refractivity contribution in [2.45, 2.75) is 26.3 Å². The molecule has 29 heavy (non-hydrogen) atoms. The van der Waals surface area contributed by atoms with Crippen LogP contribution in [0.25, 0.3) is 17.2 Å². The van der Waals surface area contributed by atoms with Crippen LogP contribution in [0.4, 0.5) is 5.95 Å². The van der Waals surface area contributed by atoms with E-state index in [0.717, 1.165) is 35.7 Å². The molecule has 0 saturated heterocycles. The van der Waals surface area contributed by atoms with Gasteiger partial charge in [0.05, 0.1) is 20.4 Å². The van der Waals surface area contributed by atoms with Gasteiger partial charge in [-0.1, -0.05) is 6.92 Å². The van der Waals surface area contributed by atoms with E-state index < -0.39 is 0 Å². The van der Waals surface area contributed by atoms with Gasteiger partial charge in [0.25, 0.3) is 0 Å². The fourth-order valence-corrected chi connectivity index (χ4v) is 3.01. The summed E-state index contributed by atoms with van der Waals surface area (Å²) in [5, 5.41) is 7.92. The lowest BCUT2D eigenvalue weighted by Gasteiger charge is -2.12. The van der Waals surface area contributed by atoms with Crippen molar-refractivity contribution in [2.24, 2.45) is 0 Å². The Hall–Kier alpha value is -3.62. The minimum atomic E-state index is 0.428. The third kappa shape index (κ3) is 3.84. The zero-order chi connectivity index (χ0) is 20.2. The smallest absolute Gasteiger partial charge is 0.245 e. The number of benzene rings is 1. The molecular weight excluding hydrogens is 372 g/mol. The number of fused-ring (bicyclic) bond motifs is 1. The van der Waals surface area contributed by atoms with Gasteiger partial charge in [-0.25, -0.2) is 15.0 Å². The molecule has 0 unspecified atom stereocenters. The van der Waals surface area contributed by atoms with Crippen molar-refractivity contribution in [1.82, 2.24) is 24.6 Å². The molecule has 0 amide bonds. The summed E-state index contributed by atoms with van der Waals surface area (Å²) in [5.74, 6) is 3.20. The van der Waals surface area contributed by atoms with E-state index >= 15 is 0 Å². The Labute approximate surface area is 167 Å². The predicted octanol–water partition coefficient (Wildman–Crippen LogP) is 3.36. The van der Waals surface area contributed by atoms with Gasteiger partial charge in [-0.15, -0.1) is 5.10 Å². The summed E-state index contributed by atoms with van der Waals surface area (Å²) in [4.78, 5) is 13.4. The van der Waals surface area contributed by atoms with Crippen molar-refractivity contribution in [3.8, 4) is 23.1 Å². The lowest BCUT2D eigenvalue weighted by atomic mass is 10.2. The number of rotatable bonds is 8. The first-order valence-corrected chi connectivity index (χ1v) is 9.33. The molecule has 1 aromatic carbocycles. The molecule has 0 aliphatic rings. The third-order valence-corrected chi connectivity index (χ3v) is 4.43. The van der Waals surface area contributed by atoms with E-state index in [1.807, 2.05) is 24.3 Å². The molecule has 9 nitrogen and oxygen atoms in total. The van der Waals surface area contributed by atoms with Crippen molar-refractivity contribution >= 4 is 11.6 Å². The summed E-state index contributed by atoms with van der Waals surface area (Å²) >= 11 is 0. The van der Waals surface area contributed by atoms with E-state index in [0.29, 0.717) is 29.7 Å². The monoisotopic (exact) mass is 394 g/mol. The van der Waals surface area contributed by atoms with Crippen LogP contribution in [-0.2, 0) is 13.0 Å². The summed E-state index contributed by atoms with van der Waals surface area (Å²) in [6.07, 6.45) is 4.86. The van der Waals surface area contributed by atoms with Gasteiger partial charge in [-0.2, -0.15) is 4.52 Å². The number of methoxy groups -OCH3 is 2. The van der Waals surface area contributed by atoms with Crippen molar-refractivity contribution in [2.75, 3.05) is 19.5 Å². The van der Waals surface area contributed by atoms with Crippen LogP contribution < -0.4 is 14.8 Å². The molecule has 3 heterocycles. The number of ether oxygens (including phenoxy) is 2. The molecule has 3 aromatic heterocycles. The average molecular weight is 394 g/mol. The number of nitrogens with zero attached hydrogens (tertiary/aromatic N) is 5. The fraction of sp³-hybridized carbons (Fsp3) is 0.300. The topological polar surface area (TPSA) is 99.6 Å². The Morgan fingerprint density at radius 3 is 2.76 bits per heavy atom. The Morgan fingerprint density at radius 1 is 1.14 bits per heavy atom. The van der Waals surface area contributed by atoms with Crippen LogP contribution in [0.1, 0.15) is 24.7 Å². The van der Waals surface area contributed by atoms with Gasteiger partial charge < -0.3 is 19.2 Å². The summed E-state index contributed by atoms with van der Waals surface area (Å²) in [6, 6.07) is 7.50. The standard InChI is InChI=1S/C20H22N6O3/c1-4-5-17-24-18-11-15(19-21-8-9-29-19)23-20(26(18)25-17)22-12-13-6-7-14(27-2)10-16(13)28-3/h6-11H,4-5,12H2,1-3H3,(H,22,23). The summed E-state index contributed by atoms with van der Waals surface area (Å²) in [7, 11) is 3.26. The lowest BCUT2D eigenvalue weighted by Crippen LogP contribution is -2.09. The van der Waals surface area contributed by atoms with Gasteiger partial charge in [0, 0.05) is 30.7 Å². The normalized spacial score (nSPS) is 11.0. The first-order chi connectivity index (χ1) is 14.2. The second-order valence-corrected chi connectivity index (χ2v) is 6.38. The predicted molar refractivity (Wildman–Crippen MR) is 107 cm³/mol. The SMILES string of the molecule is CCCc1nc2cc(-c3ncco3)nc(NCc3ccc(OC)cc3OC)n2n1. The Kier molecular flexibility index (Phi) is 5.28. The highest BCUT2D eigenvalue weighted by Crippen LogP contribution is 2.26. The first-order valence-electron chi connectivity index (χ1n) is 9.33. The van der Waals surface area contributed by atoms with E-state index in [9.17, 15) is 0 Å². The van der Waals surface area contributed by atoms with Crippen LogP contribution in [0, 0.1) is 0 Å². The number of anilines is 1. The maximum atomic E-state index is 5.48. The molecule has 9 heteroatoms. The first kappa shape index (κ1) is 18.7. The van der Waals surface area contributed by atoms with Gasteiger partial charge in [0.15, 0.2) is 11.5 Å². The van der Waals surface area contributed by atoms with Crippen molar-refractivity contribution in [3.05, 3.63) is 48.1 Å². The Bertz CT molecular complexity index is 1110. The highest BCUT2D eigenvalue weighted by Gasteiger charge is 2.15. The Balaban J connectivity index is 1.70. The number of nitrogens with one attached hydrogen (secondary N) is 1. The second kappa shape index (κ2) is 8.17. The molecule has 4 rings (SSSR count). The summed E-state index contributed by atoms with van der Waals surface area (Å²) in [5.41, 5.74) is 2.22. The van der Waals surface area contributed by atoms with Crippen LogP contribution in [0.5, 0.6) is 11.5 Å². The molecule has 0 aliphatic heterocycles. The number of hydrogen-bond acceptors (Lipinski definition) is 8. The number of aryl methyl sites for hydroxylation is 1. The second-order valence-electron chi connectivity index (χ2n) is 6.38. The largest absolute Gasteiger partial charge is 0.497 e. The van der Waals surface area contributed by atoms with E-state index in [2.05, 4.69) is 32.3 Å². The minimum Gasteiger partial charge on any atom is -0.497 e. The van der Waals surface area contributed by atoms with E-state index in [1.165, 1.54) is 6.26 Å². The molecule has 0 atom stereocenters. The van der Waals surface area contributed by atoms with E-state index in [4.69, 9.17) is 13.9 Å². The van der Waals surface area contributed by atoms with Crippen molar-refractivity contribution in [3.63, 3.8) is 0 Å². The van der Waals surface area contributed by atoms with Gasteiger partial charge in [-0.05, 0) is 18.6 Å². The molecule has 0 aliphatic carbocycles. The molecule has 1 N–H and O–H groups in total. The maximum absolute atomic E-state index is 5.48. The van der Waals surface area contributed by atoms with Crippen molar-refractivity contribution < 1.29 is 13.9 Å². The van der Waals surface area contributed by atoms with E-state index in [1.54, 1.807) is 24.9 Å². The van der Waals surface area contributed by atoms with Crippen LogP contribution in [0.2, 0.25) is 0 Å². The number of hydrogen-bond donors (Lipinski definition) is 1. The van der Waals surface area contributed by atoms with Crippen LogP contribution in [0.15, 0.2) is 41.1 Å². The van der Waals surface area contributed by atoms with Crippen LogP contribution in [-0.4, -0.2) is 38.8 Å². The summed E-state index contributed by atoms with van der Waals surface area (Å²) < 4.78 is 17.9. The molecule has 0 saturated carbocycles. The third-order valence-electron chi connectivity index (χ3n) is 4.43. The zero-order valence-corrected chi connectivity index (χ0v) is 16.5. The van der Waals surface area contributed by atoms with Gasteiger partial charge in [0.1, 0.15) is 23.5 Å². The van der Waals surface area contributed by atoms with Gasteiger partial charge >= 0.3 is 0 Å². The highest BCUT2D eigenvalue weighted by molar-refractivity contribution is 5.59. The van der Waals surface area contributed by atoms with Gasteiger partial charge in [0.2, 0.25) is 11.8 Å². The molecular formula is C20H22N6O3. The zero-order valence-electron chi connectivity index (χ0n) is 16.5. The van der Waals surface area contributed by atoms with Gasteiger partial charge in [-0.3, -0.25) is 0 Å². The average Bonchev–Trinajstić information content (AvgIpc) is 3.41. The van der Waals surface area contributed by atoms with E-state index in [-0.39, 0.29) is 0 Å². The molecule has 0 radical (unpaired) electrons.